The summed E-state index contributed by atoms with van der Waals surface area (Å²) in [4.78, 5) is 1.38. The van der Waals surface area contributed by atoms with Crippen molar-refractivity contribution in [1.29, 1.82) is 0 Å². The van der Waals surface area contributed by atoms with Gasteiger partial charge in [-0.15, -0.1) is 0 Å². The molecular weight excluding hydrogens is 102 g/mol. The number of methoxy groups -OCH3 is 1. The van der Waals surface area contributed by atoms with Crippen molar-refractivity contribution in [3.8, 4) is 0 Å². The van der Waals surface area contributed by atoms with Gasteiger partial charge in [0.05, 0.1) is 25.6 Å². The molecule has 1 N–H and O–H groups in total. The van der Waals surface area contributed by atoms with Gasteiger partial charge in [-0.3, -0.25) is 0 Å². The van der Waals surface area contributed by atoms with Gasteiger partial charge < -0.3 is 9.64 Å². The normalized spacial score (nSPS) is 36.8. The molecule has 2 heteroatoms. The molecule has 1 aliphatic rings. The Balaban J connectivity index is 1.98. The molecule has 1 saturated heterocycles. The highest BCUT2D eigenvalue weighted by Gasteiger charge is 2.23. The van der Waals surface area contributed by atoms with Crippen LogP contribution in [0, 0.1) is 13.0 Å². The predicted octanol–water partition coefficient (Wildman–Crippen LogP) is -1.06. The van der Waals surface area contributed by atoms with Crippen molar-refractivity contribution in [2.24, 2.45) is 5.92 Å². The molecule has 2 nitrogen and oxygen atoms in total. The summed E-state index contributed by atoms with van der Waals surface area (Å²) in [6.07, 6.45) is 0. The fraction of sp³-hybridized carbons (Fsp3) is 0.833. The Hall–Kier alpha value is -0.0800. The van der Waals surface area contributed by atoms with E-state index in [0.717, 1.165) is 12.5 Å². The minimum absolute atomic E-state index is 0.785. The topological polar surface area (TPSA) is 13.7 Å². The molecule has 1 rings (SSSR count). The maximum Gasteiger partial charge on any atom is 0.0761 e. The number of quaternary nitrogens is 1. The summed E-state index contributed by atoms with van der Waals surface area (Å²) in [7, 11) is 5.59. The summed E-state index contributed by atoms with van der Waals surface area (Å²) >= 11 is 0. The second-order valence-corrected chi connectivity index (χ2v) is 2.48. The van der Waals surface area contributed by atoms with Crippen LogP contribution in [0.2, 0.25) is 0 Å². The third-order valence-corrected chi connectivity index (χ3v) is 1.56. The fourth-order valence-corrected chi connectivity index (χ4v) is 1.11. The van der Waals surface area contributed by atoms with Crippen molar-refractivity contribution in [1.82, 2.24) is 0 Å². The van der Waals surface area contributed by atoms with E-state index in [9.17, 15) is 0 Å². The van der Waals surface area contributed by atoms with Crippen LogP contribution in [0.25, 0.3) is 0 Å². The Bertz CT molecular complexity index is 66.2. The maximum absolute atomic E-state index is 4.95. The summed E-state index contributed by atoms with van der Waals surface area (Å²) in [5.74, 6) is 0.785. The SMILES string of the molecule is [CH2-][NH+]1CC(COC)C1. The van der Waals surface area contributed by atoms with Crippen molar-refractivity contribution >= 4 is 0 Å². The second-order valence-electron chi connectivity index (χ2n) is 2.48. The third kappa shape index (κ3) is 1.20. The Morgan fingerprint density at radius 1 is 1.75 bits per heavy atom. The smallest absolute Gasteiger partial charge is 0.0761 e. The summed E-state index contributed by atoms with van der Waals surface area (Å²) < 4.78 is 4.95. The number of rotatable bonds is 2. The van der Waals surface area contributed by atoms with E-state index in [1.807, 2.05) is 0 Å². The molecule has 0 atom stereocenters. The zero-order valence-electron chi connectivity index (χ0n) is 5.31. The molecule has 0 saturated carbocycles. The van der Waals surface area contributed by atoms with E-state index in [2.05, 4.69) is 7.05 Å². The van der Waals surface area contributed by atoms with Crippen molar-refractivity contribution in [3.63, 3.8) is 0 Å². The van der Waals surface area contributed by atoms with Crippen molar-refractivity contribution in [3.05, 3.63) is 7.05 Å². The molecule has 0 bridgehead atoms. The largest absolute Gasteiger partial charge is 0.467 e. The van der Waals surface area contributed by atoms with E-state index in [1.54, 1.807) is 7.11 Å². The first-order valence-corrected chi connectivity index (χ1v) is 2.98. The molecule has 1 aliphatic heterocycles. The molecule has 0 aliphatic carbocycles. The maximum atomic E-state index is 4.95. The van der Waals surface area contributed by atoms with E-state index >= 15 is 0 Å². The quantitative estimate of drug-likeness (QED) is 0.453. The molecule has 0 amide bonds. The van der Waals surface area contributed by atoms with E-state index in [1.165, 1.54) is 18.0 Å². The summed E-state index contributed by atoms with van der Waals surface area (Å²) in [5, 5.41) is 0. The van der Waals surface area contributed by atoms with Crippen LogP contribution in [0.15, 0.2) is 0 Å². The lowest BCUT2D eigenvalue weighted by molar-refractivity contribution is -0.907. The monoisotopic (exact) mass is 115 g/mol. The van der Waals surface area contributed by atoms with Crippen LogP contribution in [0.1, 0.15) is 0 Å². The number of hydrogen-bond acceptors (Lipinski definition) is 1. The van der Waals surface area contributed by atoms with Gasteiger partial charge in [0.15, 0.2) is 0 Å². The highest BCUT2D eigenvalue weighted by Crippen LogP contribution is 1.95. The van der Waals surface area contributed by atoms with E-state index in [0.29, 0.717) is 0 Å². The molecule has 0 spiro atoms. The number of hydrogen-bond donors (Lipinski definition) is 1. The average molecular weight is 115 g/mol. The zero-order valence-corrected chi connectivity index (χ0v) is 5.31. The van der Waals surface area contributed by atoms with E-state index < -0.39 is 0 Å². The summed E-state index contributed by atoms with van der Waals surface area (Å²) in [5.41, 5.74) is 0. The van der Waals surface area contributed by atoms with Crippen molar-refractivity contribution < 1.29 is 9.64 Å². The molecule has 0 aromatic rings. The van der Waals surface area contributed by atoms with Crippen LogP contribution >= 0.6 is 0 Å². The van der Waals surface area contributed by atoms with E-state index in [4.69, 9.17) is 4.74 Å². The van der Waals surface area contributed by atoms with Crippen LogP contribution in [-0.4, -0.2) is 26.8 Å². The first kappa shape index (κ1) is 6.05. The van der Waals surface area contributed by atoms with Gasteiger partial charge in [-0.1, -0.05) is 0 Å². The second kappa shape index (κ2) is 2.46. The minimum atomic E-state index is 0.785. The minimum Gasteiger partial charge on any atom is -0.467 e. The van der Waals surface area contributed by atoms with Crippen LogP contribution in [0.5, 0.6) is 0 Å². The molecule has 1 heterocycles. The first-order valence-electron chi connectivity index (χ1n) is 2.98. The van der Waals surface area contributed by atoms with Gasteiger partial charge in [-0.25, -0.2) is 0 Å². The van der Waals surface area contributed by atoms with Crippen LogP contribution in [-0.2, 0) is 4.74 Å². The third-order valence-electron chi connectivity index (χ3n) is 1.56. The summed E-state index contributed by atoms with van der Waals surface area (Å²) in [6.45, 7) is 3.29. The van der Waals surface area contributed by atoms with Crippen LogP contribution in [0.4, 0.5) is 0 Å². The molecule has 8 heavy (non-hydrogen) atoms. The van der Waals surface area contributed by atoms with Gasteiger partial charge in [0, 0.05) is 7.11 Å². The number of ether oxygens (including phenoxy) is 1. The van der Waals surface area contributed by atoms with Crippen molar-refractivity contribution in [2.45, 2.75) is 0 Å². The van der Waals surface area contributed by atoms with Gasteiger partial charge in [0.25, 0.3) is 0 Å². The van der Waals surface area contributed by atoms with Crippen molar-refractivity contribution in [2.75, 3.05) is 26.8 Å². The Morgan fingerprint density at radius 3 is 2.75 bits per heavy atom. The fourth-order valence-electron chi connectivity index (χ4n) is 1.11. The van der Waals surface area contributed by atoms with Gasteiger partial charge in [-0.2, -0.15) is 7.05 Å². The molecular formula is C6H13NO. The lowest BCUT2D eigenvalue weighted by Crippen LogP contribution is -3.15. The highest BCUT2D eigenvalue weighted by atomic mass is 16.5. The van der Waals surface area contributed by atoms with Gasteiger partial charge >= 0.3 is 0 Å². The van der Waals surface area contributed by atoms with Crippen LogP contribution in [0.3, 0.4) is 0 Å². The Labute approximate surface area is 50.4 Å². The molecule has 0 aromatic heterocycles. The molecule has 1 fully saturated rings. The number of nitrogens with one attached hydrogen (secondary N) is 1. The molecule has 0 radical (unpaired) electrons. The molecule has 0 unspecified atom stereocenters. The molecule has 0 aromatic carbocycles. The van der Waals surface area contributed by atoms with E-state index in [-0.39, 0.29) is 0 Å². The summed E-state index contributed by atoms with van der Waals surface area (Å²) in [6, 6.07) is 0. The zero-order chi connectivity index (χ0) is 5.98. The first-order chi connectivity index (χ1) is 3.83. The standard InChI is InChI=1S/C6H13NO/c1-7-3-6(4-7)5-8-2/h6-7H,1,3-5H2,2H3. The highest BCUT2D eigenvalue weighted by molar-refractivity contribution is 4.60. The van der Waals surface area contributed by atoms with Gasteiger partial charge in [0.2, 0.25) is 0 Å². The Morgan fingerprint density at radius 2 is 2.38 bits per heavy atom. The van der Waals surface area contributed by atoms with Gasteiger partial charge in [0.1, 0.15) is 0 Å². The Kier molecular flexibility index (Phi) is 1.86. The molecule has 48 valence electrons. The predicted molar refractivity (Wildman–Crippen MR) is 31.4 cm³/mol. The number of likely N-dealkylation sites (tertiary alicyclic amines) is 1. The lowest BCUT2D eigenvalue weighted by atomic mass is 10.0. The van der Waals surface area contributed by atoms with Gasteiger partial charge in [-0.05, 0) is 0 Å². The van der Waals surface area contributed by atoms with Crippen LogP contribution < -0.4 is 4.90 Å². The lowest BCUT2D eigenvalue weighted by Gasteiger charge is -2.37. The average Bonchev–Trinajstić information content (AvgIpc) is 1.64.